The average Bonchev–Trinajstić information content (AvgIpc) is 3.01. The molecule has 3 aliphatic rings. The number of amides is 1. The Balaban J connectivity index is 1.82. The number of hydrogen-bond acceptors (Lipinski definition) is 4. The molecule has 0 aliphatic carbocycles. The van der Waals surface area contributed by atoms with E-state index in [1.807, 2.05) is 4.90 Å². The van der Waals surface area contributed by atoms with Gasteiger partial charge in [-0.25, -0.2) is 4.79 Å². The molecule has 3 heterocycles. The Hall–Kier alpha value is -1.89. The Morgan fingerprint density at radius 1 is 1.55 bits per heavy atom. The molecule has 0 saturated carbocycles. The fourth-order valence-electron chi connectivity index (χ4n) is 4.07. The van der Waals surface area contributed by atoms with E-state index in [4.69, 9.17) is 5.41 Å². The fourth-order valence-corrected chi connectivity index (χ4v) is 4.07. The highest BCUT2D eigenvalue weighted by atomic mass is 16.4. The maximum Gasteiger partial charge on any atom is 0.352 e. The number of carbonyl (C=O) groups is 2. The Kier molecular flexibility index (Phi) is 3.68. The van der Waals surface area contributed by atoms with Crippen molar-refractivity contribution in [3.05, 3.63) is 11.3 Å². The summed E-state index contributed by atoms with van der Waals surface area (Å²) in [7, 11) is 0. The number of likely N-dealkylation sites (tertiary alicyclic amines) is 1. The predicted molar refractivity (Wildman–Crippen MR) is 78.2 cm³/mol. The number of aliphatic carboxylic acids is 1. The van der Waals surface area contributed by atoms with Crippen LogP contribution in [-0.4, -0.2) is 63.0 Å². The number of carboxylic acid groups (broad SMARTS) is 1. The number of fused-ring (bicyclic) bond motifs is 1. The zero-order valence-corrected chi connectivity index (χ0v) is 12.5. The van der Waals surface area contributed by atoms with Crippen molar-refractivity contribution in [1.82, 2.24) is 9.80 Å². The summed E-state index contributed by atoms with van der Waals surface area (Å²) >= 11 is 0. The lowest BCUT2D eigenvalue weighted by Crippen LogP contribution is -2.61. The van der Waals surface area contributed by atoms with Crippen LogP contribution in [0.25, 0.3) is 0 Å². The molecule has 0 aromatic rings. The van der Waals surface area contributed by atoms with Gasteiger partial charge in [0.2, 0.25) is 5.91 Å². The van der Waals surface area contributed by atoms with Crippen LogP contribution in [-0.2, 0) is 9.59 Å². The Morgan fingerprint density at radius 3 is 2.86 bits per heavy atom. The minimum Gasteiger partial charge on any atom is -0.477 e. The van der Waals surface area contributed by atoms with Crippen LogP contribution in [0.3, 0.4) is 0 Å². The third-order valence-electron chi connectivity index (χ3n) is 5.09. The lowest BCUT2D eigenvalue weighted by molar-refractivity contribution is -0.161. The van der Waals surface area contributed by atoms with Crippen molar-refractivity contribution in [3.8, 4) is 0 Å². The van der Waals surface area contributed by atoms with E-state index in [0.717, 1.165) is 25.0 Å². The van der Waals surface area contributed by atoms with Crippen LogP contribution in [0.5, 0.6) is 0 Å². The Morgan fingerprint density at radius 2 is 2.27 bits per heavy atom. The second kappa shape index (κ2) is 5.39. The van der Waals surface area contributed by atoms with Crippen molar-refractivity contribution in [3.63, 3.8) is 0 Å². The van der Waals surface area contributed by atoms with Gasteiger partial charge in [-0.3, -0.25) is 10.2 Å². The number of hydrogen-bond donors (Lipinski definition) is 3. The first-order valence-corrected chi connectivity index (χ1v) is 7.68. The first kappa shape index (κ1) is 15.0. The van der Waals surface area contributed by atoms with E-state index in [2.05, 4.69) is 0 Å². The zero-order chi connectivity index (χ0) is 16.0. The van der Waals surface area contributed by atoms with Gasteiger partial charge in [0.15, 0.2) is 0 Å². The van der Waals surface area contributed by atoms with Crippen molar-refractivity contribution in [2.45, 2.75) is 50.8 Å². The molecule has 120 valence electrons. The van der Waals surface area contributed by atoms with Crippen LogP contribution < -0.4 is 0 Å². The fraction of sp³-hybridized carbons (Fsp3) is 0.667. The minimum atomic E-state index is -1.07. The van der Waals surface area contributed by atoms with Gasteiger partial charge >= 0.3 is 5.97 Å². The van der Waals surface area contributed by atoms with Gasteiger partial charge in [0.25, 0.3) is 0 Å². The molecule has 0 aromatic carbocycles. The summed E-state index contributed by atoms with van der Waals surface area (Å²) in [6, 6.07) is -0.0795. The molecule has 2 fully saturated rings. The second-order valence-electron chi connectivity index (χ2n) is 6.37. The summed E-state index contributed by atoms with van der Waals surface area (Å²) in [4.78, 5) is 27.0. The number of nitrogens with one attached hydrogen (secondary N) is 1. The van der Waals surface area contributed by atoms with Gasteiger partial charge in [-0.15, -0.1) is 0 Å². The molecule has 0 spiro atoms. The number of nitrogens with zero attached hydrogens (tertiary/aromatic N) is 2. The van der Waals surface area contributed by atoms with Gasteiger partial charge in [0.1, 0.15) is 5.70 Å². The molecule has 3 rings (SSSR count). The third kappa shape index (κ3) is 2.11. The second-order valence-corrected chi connectivity index (χ2v) is 6.37. The number of carbonyl (C=O) groups excluding carboxylic acids is 1. The summed E-state index contributed by atoms with van der Waals surface area (Å²) in [6.45, 7) is 2.40. The van der Waals surface area contributed by atoms with Crippen molar-refractivity contribution in [2.24, 2.45) is 5.92 Å². The number of carboxylic acids is 1. The van der Waals surface area contributed by atoms with E-state index in [1.165, 1.54) is 11.2 Å². The molecule has 2 saturated heterocycles. The molecule has 0 bridgehead atoms. The topological polar surface area (TPSA) is 105 Å². The van der Waals surface area contributed by atoms with Crippen molar-refractivity contribution in [2.75, 3.05) is 6.54 Å². The first-order valence-electron chi connectivity index (χ1n) is 7.68. The Labute approximate surface area is 128 Å². The first-order chi connectivity index (χ1) is 10.5. The van der Waals surface area contributed by atoms with E-state index < -0.39 is 18.0 Å². The molecule has 22 heavy (non-hydrogen) atoms. The largest absolute Gasteiger partial charge is 0.477 e. The summed E-state index contributed by atoms with van der Waals surface area (Å²) in [5.41, 5.74) is 0.872. The normalized spacial score (nSPS) is 32.1. The van der Waals surface area contributed by atoms with Crippen LogP contribution >= 0.6 is 0 Å². The van der Waals surface area contributed by atoms with Crippen LogP contribution in [0.2, 0.25) is 0 Å². The Bertz CT molecular complexity index is 557. The molecule has 7 heteroatoms. The smallest absolute Gasteiger partial charge is 0.352 e. The third-order valence-corrected chi connectivity index (χ3v) is 5.09. The molecule has 7 nitrogen and oxygen atoms in total. The number of rotatable bonds is 5. The lowest BCUT2D eigenvalue weighted by Gasteiger charge is -2.44. The van der Waals surface area contributed by atoms with Gasteiger partial charge < -0.3 is 20.0 Å². The maximum atomic E-state index is 12.1. The minimum absolute atomic E-state index is 0.101. The molecule has 4 atom stereocenters. The maximum absolute atomic E-state index is 12.1. The highest BCUT2D eigenvalue weighted by Gasteiger charge is 2.56. The average molecular weight is 307 g/mol. The highest BCUT2D eigenvalue weighted by molar-refractivity contribution is 5.99. The molecular weight excluding hydrogens is 286 g/mol. The molecular formula is C15H21N3O4. The van der Waals surface area contributed by atoms with E-state index >= 15 is 0 Å². The van der Waals surface area contributed by atoms with Crippen molar-refractivity contribution < 1.29 is 19.8 Å². The molecule has 1 amide bonds. The molecule has 0 aromatic heterocycles. The van der Waals surface area contributed by atoms with Gasteiger partial charge in [0.05, 0.1) is 24.4 Å². The number of aliphatic hydroxyl groups is 1. The quantitative estimate of drug-likeness (QED) is 0.387. The van der Waals surface area contributed by atoms with Gasteiger partial charge in [-0.1, -0.05) is 0 Å². The molecule has 0 radical (unpaired) electrons. The lowest BCUT2D eigenvalue weighted by atomic mass is 9.82. The van der Waals surface area contributed by atoms with Crippen molar-refractivity contribution >= 4 is 18.2 Å². The van der Waals surface area contributed by atoms with E-state index in [1.54, 1.807) is 6.92 Å². The summed E-state index contributed by atoms with van der Waals surface area (Å²) < 4.78 is 0. The van der Waals surface area contributed by atoms with Crippen molar-refractivity contribution in [1.29, 1.82) is 5.41 Å². The van der Waals surface area contributed by atoms with E-state index in [9.17, 15) is 19.8 Å². The summed E-state index contributed by atoms with van der Waals surface area (Å²) in [5, 5.41) is 26.6. The monoisotopic (exact) mass is 307 g/mol. The molecule has 0 unspecified atom stereocenters. The number of β-lactam (4-membered cyclic amide) rings is 1. The van der Waals surface area contributed by atoms with Crippen LogP contribution in [0.15, 0.2) is 11.3 Å². The van der Waals surface area contributed by atoms with E-state index in [0.29, 0.717) is 12.8 Å². The van der Waals surface area contributed by atoms with E-state index in [-0.39, 0.29) is 23.7 Å². The number of aliphatic hydroxyl groups excluding tert-OH is 1. The highest BCUT2D eigenvalue weighted by Crippen LogP contribution is 2.45. The van der Waals surface area contributed by atoms with Crippen LogP contribution in [0, 0.1) is 11.3 Å². The van der Waals surface area contributed by atoms with Crippen LogP contribution in [0.1, 0.15) is 32.6 Å². The van der Waals surface area contributed by atoms with Gasteiger partial charge in [0, 0.05) is 12.6 Å². The zero-order valence-electron chi connectivity index (χ0n) is 12.5. The van der Waals surface area contributed by atoms with Gasteiger partial charge in [-0.2, -0.15) is 0 Å². The van der Waals surface area contributed by atoms with Crippen LogP contribution in [0.4, 0.5) is 0 Å². The standard InChI is InChI=1S/C15H21N3O4/c1-8(19)12-11-6-9(5-10-3-2-4-17(10)7-16)13(15(21)22)18(11)14(12)20/h7-8,10-12,16,19H,2-6H2,1H3,(H,21,22)/t8-,10+,11-,12-/m1/s1. The summed E-state index contributed by atoms with van der Waals surface area (Å²) in [6.07, 6.45) is 3.58. The SMILES string of the molecule is C[C@@H](O)[C@H]1C(=O)N2C(C(=O)O)=C(C[C@@H]3CCCN3C=N)C[C@H]12. The molecule has 3 aliphatic heterocycles. The molecule has 3 N–H and O–H groups in total. The van der Waals surface area contributed by atoms with Gasteiger partial charge in [-0.05, 0) is 38.2 Å². The summed E-state index contributed by atoms with van der Waals surface area (Å²) in [5.74, 6) is -1.86. The predicted octanol–water partition coefficient (Wildman–Crippen LogP) is 0.398.